The van der Waals surface area contributed by atoms with Crippen LogP contribution in [0, 0.1) is 5.82 Å². The first kappa shape index (κ1) is 21.9. The van der Waals surface area contributed by atoms with Gasteiger partial charge in [-0.3, -0.25) is 4.79 Å². The number of methoxy groups -OCH3 is 1. The van der Waals surface area contributed by atoms with E-state index in [-0.39, 0.29) is 28.6 Å². The van der Waals surface area contributed by atoms with Crippen molar-refractivity contribution in [2.45, 2.75) is 25.3 Å². The molecule has 1 fully saturated rings. The Hall–Kier alpha value is -3.95. The third-order valence-electron chi connectivity index (χ3n) is 6.39. The highest BCUT2D eigenvalue weighted by atomic mass is 19.1. The highest BCUT2D eigenvalue weighted by molar-refractivity contribution is 6.03. The van der Waals surface area contributed by atoms with Crippen molar-refractivity contribution in [2.24, 2.45) is 0 Å². The monoisotopic (exact) mass is 467 g/mol. The van der Waals surface area contributed by atoms with Gasteiger partial charge in [-0.25, -0.2) is 9.18 Å². The summed E-state index contributed by atoms with van der Waals surface area (Å²) < 4.78 is 22.6. The number of benzene rings is 2. The second-order valence-corrected chi connectivity index (χ2v) is 8.57. The van der Waals surface area contributed by atoms with Gasteiger partial charge in [0.25, 0.3) is 0 Å². The minimum Gasteiger partial charge on any atom is -0.492 e. The molecule has 34 heavy (non-hydrogen) atoms. The highest BCUT2D eigenvalue weighted by Crippen LogP contribution is 2.44. The number of nitrogens with one attached hydrogen (secondary N) is 2. The summed E-state index contributed by atoms with van der Waals surface area (Å²) in [6, 6.07) is 8.07. The van der Waals surface area contributed by atoms with Gasteiger partial charge in [-0.15, -0.1) is 0 Å². The Kier molecular flexibility index (Phi) is 5.43. The molecule has 3 aromatic rings. The number of ether oxygens (including phenoxy) is 1. The maximum absolute atomic E-state index is 15.4. The first-order valence-electron chi connectivity index (χ1n) is 11.2. The highest BCUT2D eigenvalue weighted by Gasteiger charge is 2.31. The van der Waals surface area contributed by atoms with Crippen LogP contribution in [0.4, 0.5) is 27.1 Å². The number of anilines is 4. The molecule has 0 bridgehead atoms. The molecule has 2 aliphatic rings. The summed E-state index contributed by atoms with van der Waals surface area (Å²) in [5.74, 6) is -2.05. The van der Waals surface area contributed by atoms with Crippen molar-refractivity contribution in [2.75, 3.05) is 48.1 Å². The molecule has 0 saturated heterocycles. The van der Waals surface area contributed by atoms with E-state index in [2.05, 4.69) is 21.6 Å². The van der Waals surface area contributed by atoms with E-state index >= 15 is 4.39 Å². The largest absolute Gasteiger partial charge is 0.492 e. The van der Waals surface area contributed by atoms with Gasteiger partial charge in [0.15, 0.2) is 11.6 Å². The molecule has 2 heterocycles. The third-order valence-corrected chi connectivity index (χ3v) is 6.39. The van der Waals surface area contributed by atoms with Crippen LogP contribution in [0.5, 0.6) is 5.75 Å². The number of nitrogens with zero attached hydrogens (tertiary/aromatic N) is 2. The number of fused-ring (bicyclic) bond motifs is 2. The SMILES string of the molecule is COc1c(NCCCN2CNc3ccccc32)c(F)c(N)c2c(=O)c(C(=O)O)cn(C3CC3)c12. The van der Waals surface area contributed by atoms with Crippen LogP contribution in [0.25, 0.3) is 10.9 Å². The van der Waals surface area contributed by atoms with Crippen molar-refractivity contribution in [3.05, 3.63) is 52.1 Å². The number of pyridine rings is 1. The number of rotatable bonds is 8. The molecule has 1 aromatic heterocycles. The van der Waals surface area contributed by atoms with Crippen LogP contribution in [0.1, 0.15) is 35.7 Å². The van der Waals surface area contributed by atoms with E-state index in [1.54, 1.807) is 4.57 Å². The lowest BCUT2D eigenvalue weighted by molar-refractivity contribution is 0.0695. The van der Waals surface area contributed by atoms with Crippen LogP contribution < -0.4 is 31.4 Å². The van der Waals surface area contributed by atoms with Crippen molar-refractivity contribution >= 4 is 39.6 Å². The fourth-order valence-electron chi connectivity index (χ4n) is 4.57. The van der Waals surface area contributed by atoms with Crippen LogP contribution in [-0.4, -0.2) is 42.5 Å². The van der Waals surface area contributed by atoms with Gasteiger partial charge >= 0.3 is 5.97 Å². The predicted octanol–water partition coefficient (Wildman–Crippen LogP) is 3.46. The van der Waals surface area contributed by atoms with Crippen LogP contribution in [0.3, 0.4) is 0 Å². The van der Waals surface area contributed by atoms with Gasteiger partial charge in [-0.1, -0.05) is 12.1 Å². The van der Waals surface area contributed by atoms with Crippen LogP contribution in [-0.2, 0) is 0 Å². The van der Waals surface area contributed by atoms with E-state index in [4.69, 9.17) is 10.5 Å². The Balaban J connectivity index is 1.46. The number of nitrogens with two attached hydrogens (primary N) is 1. The summed E-state index contributed by atoms with van der Waals surface area (Å²) in [6.45, 7) is 1.90. The fraction of sp³-hybridized carbons (Fsp3) is 0.333. The molecule has 5 N–H and O–H groups in total. The Labute approximate surface area is 194 Å². The predicted molar refractivity (Wildman–Crippen MR) is 130 cm³/mol. The number of carboxylic acid groups (broad SMARTS) is 1. The summed E-state index contributed by atoms with van der Waals surface area (Å²) in [5, 5.41) is 15.8. The summed E-state index contributed by atoms with van der Waals surface area (Å²) in [6.07, 6.45) is 3.67. The first-order valence-corrected chi connectivity index (χ1v) is 11.2. The lowest BCUT2D eigenvalue weighted by atomic mass is 10.1. The molecule has 178 valence electrons. The normalized spacial score (nSPS) is 14.7. The minimum atomic E-state index is -1.37. The zero-order valence-electron chi connectivity index (χ0n) is 18.7. The number of aromatic nitrogens is 1. The number of hydrogen-bond acceptors (Lipinski definition) is 7. The minimum absolute atomic E-state index is 0.00976. The number of aromatic carboxylic acids is 1. The molecule has 1 aliphatic heterocycles. The number of para-hydroxylation sites is 2. The fourth-order valence-corrected chi connectivity index (χ4v) is 4.57. The van der Waals surface area contributed by atoms with Gasteiger partial charge in [0.1, 0.15) is 11.3 Å². The van der Waals surface area contributed by atoms with E-state index in [1.807, 2.05) is 18.2 Å². The molecule has 0 radical (unpaired) electrons. The number of hydrogen-bond donors (Lipinski definition) is 4. The van der Waals surface area contributed by atoms with Crippen molar-refractivity contribution in [3.8, 4) is 5.75 Å². The van der Waals surface area contributed by atoms with Gasteiger partial charge in [0.05, 0.1) is 41.7 Å². The molecule has 0 spiro atoms. The van der Waals surface area contributed by atoms with Crippen LogP contribution in [0.15, 0.2) is 35.3 Å². The smallest absolute Gasteiger partial charge is 0.341 e. The zero-order valence-corrected chi connectivity index (χ0v) is 18.7. The van der Waals surface area contributed by atoms with E-state index in [0.29, 0.717) is 25.2 Å². The quantitative estimate of drug-likeness (QED) is 0.294. The molecule has 0 atom stereocenters. The second-order valence-electron chi connectivity index (χ2n) is 8.57. The van der Waals surface area contributed by atoms with Crippen molar-refractivity contribution < 1.29 is 19.0 Å². The van der Waals surface area contributed by atoms with Crippen molar-refractivity contribution in [1.29, 1.82) is 0 Å². The van der Waals surface area contributed by atoms with E-state index < -0.39 is 22.8 Å². The first-order chi connectivity index (χ1) is 16.4. The van der Waals surface area contributed by atoms with Crippen molar-refractivity contribution in [1.82, 2.24) is 4.57 Å². The molecule has 0 unspecified atom stereocenters. The topological polar surface area (TPSA) is 122 Å². The van der Waals surface area contributed by atoms with Gasteiger partial charge < -0.3 is 35.7 Å². The summed E-state index contributed by atoms with van der Waals surface area (Å²) in [7, 11) is 1.40. The van der Waals surface area contributed by atoms with E-state index in [9.17, 15) is 14.7 Å². The average molecular weight is 468 g/mol. The summed E-state index contributed by atoms with van der Waals surface area (Å²) in [4.78, 5) is 26.7. The molecular formula is C24H26FN5O4. The molecule has 5 rings (SSSR count). The molecule has 1 saturated carbocycles. The maximum Gasteiger partial charge on any atom is 0.341 e. The Morgan fingerprint density at radius 1 is 1.35 bits per heavy atom. The number of carboxylic acids is 1. The number of nitrogen functional groups attached to an aromatic ring is 1. The van der Waals surface area contributed by atoms with E-state index in [1.165, 1.54) is 13.3 Å². The molecular weight excluding hydrogens is 441 g/mol. The number of carbonyl (C=O) groups is 1. The van der Waals surface area contributed by atoms with E-state index in [0.717, 1.165) is 30.8 Å². The molecule has 10 heteroatoms. The molecule has 2 aromatic carbocycles. The number of halogens is 1. The second kappa shape index (κ2) is 8.44. The molecule has 0 amide bonds. The molecule has 9 nitrogen and oxygen atoms in total. The van der Waals surface area contributed by atoms with Crippen molar-refractivity contribution in [3.63, 3.8) is 0 Å². The third kappa shape index (κ3) is 3.55. The lowest BCUT2D eigenvalue weighted by Gasteiger charge is -2.21. The summed E-state index contributed by atoms with van der Waals surface area (Å²) in [5.41, 5.74) is 7.04. The van der Waals surface area contributed by atoms with Crippen LogP contribution in [0.2, 0.25) is 0 Å². The lowest BCUT2D eigenvalue weighted by Crippen LogP contribution is -2.25. The molecule has 1 aliphatic carbocycles. The Morgan fingerprint density at radius 3 is 2.82 bits per heavy atom. The average Bonchev–Trinajstić information content (AvgIpc) is 3.59. The zero-order chi connectivity index (χ0) is 24.0. The standard InChI is InChI=1S/C24H26FN5O4/c1-34-23-20(27-9-4-10-29-12-28-15-5-2-3-6-16(15)29)18(25)19(26)17-21(23)30(13-7-8-13)11-14(22(17)31)24(32)33/h2-3,5-6,11,13,27-28H,4,7-10,12,26H2,1H3,(H,32,33). The van der Waals surface area contributed by atoms with Gasteiger partial charge in [-0.2, -0.15) is 0 Å². The van der Waals surface area contributed by atoms with Gasteiger partial charge in [0.2, 0.25) is 5.43 Å². The Morgan fingerprint density at radius 2 is 2.12 bits per heavy atom. The Bertz CT molecular complexity index is 1350. The van der Waals surface area contributed by atoms with Gasteiger partial charge in [0, 0.05) is 25.3 Å². The summed E-state index contributed by atoms with van der Waals surface area (Å²) >= 11 is 0. The maximum atomic E-state index is 15.4. The van der Waals surface area contributed by atoms with Crippen LogP contribution >= 0.6 is 0 Å². The van der Waals surface area contributed by atoms with Gasteiger partial charge in [-0.05, 0) is 31.4 Å².